The average molecular weight is 315 g/mol. The largest absolute Gasteiger partial charge is 0.298 e. The zero-order valence-electron chi connectivity index (χ0n) is 14.0. The minimum atomic E-state index is -1.66. The van der Waals surface area contributed by atoms with Crippen LogP contribution in [-0.4, -0.2) is 16.6 Å². The lowest BCUT2D eigenvalue weighted by atomic mass is 10.0. The van der Waals surface area contributed by atoms with E-state index in [4.69, 9.17) is 9.15 Å². The van der Waals surface area contributed by atoms with Crippen LogP contribution in [0.15, 0.2) is 0 Å². The van der Waals surface area contributed by atoms with Gasteiger partial charge in [0.2, 0.25) is 16.6 Å². The van der Waals surface area contributed by atoms with Crippen LogP contribution in [0.3, 0.4) is 0 Å². The first-order valence-electron chi connectivity index (χ1n) is 8.79. The number of hydrogen-bond acceptors (Lipinski definition) is 2. The Bertz CT molecular complexity index is 263. The number of hydrogen-bond donors (Lipinski definition) is 0. The molecule has 2 fully saturated rings. The first-order chi connectivity index (χ1) is 9.42. The summed E-state index contributed by atoms with van der Waals surface area (Å²) in [6.07, 6.45) is 13.9. The molecule has 0 saturated heterocycles. The van der Waals surface area contributed by atoms with E-state index in [1.54, 1.807) is 0 Å². The maximum absolute atomic E-state index is 6.19. The standard InChI is InChI=1S/C16H34O2Si2/c1-19(2,15-11-7-5-8-12-15)17-18-20(3,4)16-13-9-6-10-14-16/h15-16H,5-14H2,1-4H3. The molecule has 0 unspecified atom stereocenters. The minimum Gasteiger partial charge on any atom is -0.298 e. The van der Waals surface area contributed by atoms with Crippen LogP contribution in [0.1, 0.15) is 64.2 Å². The summed E-state index contributed by atoms with van der Waals surface area (Å²) in [6, 6.07) is 0. The predicted molar refractivity (Wildman–Crippen MR) is 90.8 cm³/mol. The van der Waals surface area contributed by atoms with Gasteiger partial charge in [0.25, 0.3) is 0 Å². The van der Waals surface area contributed by atoms with E-state index in [1.807, 2.05) is 0 Å². The molecule has 0 aromatic carbocycles. The van der Waals surface area contributed by atoms with E-state index in [9.17, 15) is 0 Å². The van der Waals surface area contributed by atoms with E-state index in [0.717, 1.165) is 11.1 Å². The van der Waals surface area contributed by atoms with Crippen LogP contribution in [0.25, 0.3) is 0 Å². The van der Waals surface area contributed by atoms with Gasteiger partial charge in [-0.05, 0) is 37.3 Å². The van der Waals surface area contributed by atoms with Crippen LogP contribution in [0.2, 0.25) is 37.3 Å². The van der Waals surface area contributed by atoms with Crippen LogP contribution in [0.5, 0.6) is 0 Å². The topological polar surface area (TPSA) is 18.5 Å². The summed E-state index contributed by atoms with van der Waals surface area (Å²) < 4.78 is 12.4. The van der Waals surface area contributed by atoms with Crippen LogP contribution >= 0.6 is 0 Å². The molecule has 0 aliphatic heterocycles. The smallest absolute Gasteiger partial charge is 0.234 e. The first-order valence-corrected chi connectivity index (χ1v) is 14.8. The summed E-state index contributed by atoms with van der Waals surface area (Å²) in [5.74, 6) is 0. The molecule has 4 heteroatoms. The molecule has 0 N–H and O–H groups in total. The fourth-order valence-corrected chi connectivity index (χ4v) is 9.53. The monoisotopic (exact) mass is 314 g/mol. The second kappa shape index (κ2) is 7.08. The van der Waals surface area contributed by atoms with Gasteiger partial charge >= 0.3 is 0 Å². The normalized spacial score (nSPS) is 24.0. The van der Waals surface area contributed by atoms with Crippen LogP contribution in [0, 0.1) is 0 Å². The van der Waals surface area contributed by atoms with Gasteiger partial charge in [0.15, 0.2) is 0 Å². The first kappa shape index (κ1) is 16.7. The molecule has 2 aliphatic rings. The van der Waals surface area contributed by atoms with Crippen molar-refractivity contribution in [1.82, 2.24) is 0 Å². The lowest BCUT2D eigenvalue weighted by Crippen LogP contribution is -2.45. The van der Waals surface area contributed by atoms with Gasteiger partial charge in [-0.25, -0.2) is 0 Å². The quantitative estimate of drug-likeness (QED) is 0.351. The summed E-state index contributed by atoms with van der Waals surface area (Å²) in [6.45, 7) is 9.48. The molecular weight excluding hydrogens is 280 g/mol. The summed E-state index contributed by atoms with van der Waals surface area (Å²) in [5.41, 5.74) is 1.62. The minimum absolute atomic E-state index is 0.812. The molecular formula is C16H34O2Si2. The van der Waals surface area contributed by atoms with E-state index in [-0.39, 0.29) is 0 Å². The van der Waals surface area contributed by atoms with Crippen molar-refractivity contribution in [3.8, 4) is 0 Å². The van der Waals surface area contributed by atoms with Crippen molar-refractivity contribution in [2.75, 3.05) is 0 Å². The van der Waals surface area contributed by atoms with Gasteiger partial charge < -0.3 is 0 Å². The third-order valence-corrected chi connectivity index (χ3v) is 11.9. The molecule has 0 aromatic heterocycles. The highest BCUT2D eigenvalue weighted by Gasteiger charge is 2.41. The van der Waals surface area contributed by atoms with Gasteiger partial charge in [-0.3, -0.25) is 9.15 Å². The molecule has 0 spiro atoms. The lowest BCUT2D eigenvalue weighted by Gasteiger charge is -2.39. The van der Waals surface area contributed by atoms with Crippen LogP contribution in [-0.2, 0) is 9.15 Å². The molecule has 2 nitrogen and oxygen atoms in total. The Morgan fingerprint density at radius 1 is 0.550 bits per heavy atom. The van der Waals surface area contributed by atoms with Gasteiger partial charge in [0.05, 0.1) is 0 Å². The van der Waals surface area contributed by atoms with E-state index in [0.29, 0.717) is 0 Å². The summed E-state index contributed by atoms with van der Waals surface area (Å²) in [5, 5.41) is 0. The molecule has 0 radical (unpaired) electrons. The van der Waals surface area contributed by atoms with Gasteiger partial charge in [0, 0.05) is 0 Å². The molecule has 0 bridgehead atoms. The molecule has 2 saturated carbocycles. The van der Waals surface area contributed by atoms with Gasteiger partial charge in [-0.2, -0.15) is 0 Å². The van der Waals surface area contributed by atoms with E-state index < -0.39 is 16.6 Å². The van der Waals surface area contributed by atoms with E-state index in [2.05, 4.69) is 26.2 Å². The number of rotatable bonds is 5. The molecule has 2 aliphatic carbocycles. The van der Waals surface area contributed by atoms with Gasteiger partial charge in [-0.1, -0.05) is 64.2 Å². The summed E-state index contributed by atoms with van der Waals surface area (Å²) >= 11 is 0. The zero-order chi connectivity index (χ0) is 14.6. The second-order valence-electron chi connectivity index (χ2n) is 8.04. The van der Waals surface area contributed by atoms with Crippen molar-refractivity contribution in [3.63, 3.8) is 0 Å². The van der Waals surface area contributed by atoms with Crippen molar-refractivity contribution in [2.45, 2.75) is 101 Å². The fourth-order valence-electron chi connectivity index (χ4n) is 3.95. The van der Waals surface area contributed by atoms with Gasteiger partial charge in [0.1, 0.15) is 0 Å². The van der Waals surface area contributed by atoms with Crippen molar-refractivity contribution in [3.05, 3.63) is 0 Å². The zero-order valence-corrected chi connectivity index (χ0v) is 16.0. The SMILES string of the molecule is C[Si](C)(OO[Si](C)(C)C1CCCCC1)C1CCCCC1. The fraction of sp³-hybridized carbons (Fsp3) is 1.00. The maximum Gasteiger partial charge on any atom is 0.234 e. The van der Waals surface area contributed by atoms with Crippen molar-refractivity contribution in [1.29, 1.82) is 0 Å². The Morgan fingerprint density at radius 2 is 0.850 bits per heavy atom. The van der Waals surface area contributed by atoms with Crippen molar-refractivity contribution < 1.29 is 9.15 Å². The molecule has 118 valence electrons. The Hall–Kier alpha value is 0.354. The third-order valence-electron chi connectivity index (χ3n) is 5.65. The van der Waals surface area contributed by atoms with E-state index >= 15 is 0 Å². The molecule has 2 rings (SSSR count). The average Bonchev–Trinajstić information content (AvgIpc) is 2.47. The molecule has 0 amide bonds. The van der Waals surface area contributed by atoms with E-state index in [1.165, 1.54) is 64.2 Å². The Kier molecular flexibility index (Phi) is 5.92. The Labute approximate surface area is 127 Å². The van der Waals surface area contributed by atoms with Gasteiger partial charge in [-0.15, -0.1) is 0 Å². The highest BCUT2D eigenvalue weighted by atomic mass is 28.4. The van der Waals surface area contributed by atoms with Crippen molar-refractivity contribution in [2.24, 2.45) is 0 Å². The predicted octanol–water partition coefficient (Wildman–Crippen LogP) is 6.01. The molecule has 0 atom stereocenters. The third kappa shape index (κ3) is 4.42. The summed E-state index contributed by atoms with van der Waals surface area (Å²) in [4.78, 5) is 0. The molecule has 0 aromatic rings. The second-order valence-corrected chi connectivity index (χ2v) is 16.4. The summed E-state index contributed by atoms with van der Waals surface area (Å²) in [7, 11) is -3.33. The maximum atomic E-state index is 6.19. The lowest BCUT2D eigenvalue weighted by molar-refractivity contribution is -0.130. The molecule has 20 heavy (non-hydrogen) atoms. The van der Waals surface area contributed by atoms with Crippen LogP contribution in [0.4, 0.5) is 0 Å². The highest BCUT2D eigenvalue weighted by molar-refractivity contribution is 6.75. The molecule has 0 heterocycles. The van der Waals surface area contributed by atoms with Crippen LogP contribution < -0.4 is 0 Å². The highest BCUT2D eigenvalue weighted by Crippen LogP contribution is 2.41. The van der Waals surface area contributed by atoms with Crippen molar-refractivity contribution >= 4 is 16.6 Å². The Balaban J connectivity index is 1.85. The Morgan fingerprint density at radius 3 is 1.15 bits per heavy atom.